The Morgan fingerprint density at radius 2 is 2.10 bits per heavy atom. The number of nitrogens with zero attached hydrogens (tertiary/aromatic N) is 1. The molecule has 0 fully saturated rings. The largest absolute Gasteiger partial charge is 0.392 e. The first-order valence-corrected chi connectivity index (χ1v) is 9.10. The molecule has 4 nitrogen and oxygen atoms in total. The molecule has 2 aromatic rings. The van der Waals surface area contributed by atoms with Gasteiger partial charge in [0.05, 0.1) is 11.5 Å². The topological polar surface area (TPSA) is 57.6 Å². The Hall–Kier alpha value is -0.920. The fourth-order valence-corrected chi connectivity index (χ4v) is 4.47. The molecule has 1 N–H and O–H groups in total. The van der Waals surface area contributed by atoms with Crippen molar-refractivity contribution >= 4 is 33.0 Å². The van der Waals surface area contributed by atoms with Crippen molar-refractivity contribution in [1.29, 1.82) is 0 Å². The van der Waals surface area contributed by atoms with Gasteiger partial charge in [-0.05, 0) is 29.1 Å². The first-order valence-electron chi connectivity index (χ1n) is 6.41. The van der Waals surface area contributed by atoms with Gasteiger partial charge < -0.3 is 5.11 Å². The lowest BCUT2D eigenvalue weighted by atomic mass is 10.2. The SMILES string of the molecule is CCN(Cc1cccs1)S(=O)(=O)c1ccc(CO)c(Cl)c1. The molecular weight excluding hydrogens is 330 g/mol. The van der Waals surface area contributed by atoms with Crippen LogP contribution < -0.4 is 0 Å². The number of hydrogen-bond acceptors (Lipinski definition) is 4. The van der Waals surface area contributed by atoms with Gasteiger partial charge in [-0.1, -0.05) is 30.7 Å². The molecule has 0 aliphatic heterocycles. The Bertz CT molecular complexity index is 699. The van der Waals surface area contributed by atoms with Crippen LogP contribution >= 0.6 is 22.9 Å². The second-order valence-electron chi connectivity index (χ2n) is 4.42. The van der Waals surface area contributed by atoms with Gasteiger partial charge in [0.1, 0.15) is 0 Å². The van der Waals surface area contributed by atoms with Crippen molar-refractivity contribution in [1.82, 2.24) is 4.31 Å². The van der Waals surface area contributed by atoms with Crippen LogP contribution in [-0.4, -0.2) is 24.4 Å². The summed E-state index contributed by atoms with van der Waals surface area (Å²) in [5.41, 5.74) is 0.511. The Morgan fingerprint density at radius 3 is 2.62 bits per heavy atom. The molecule has 7 heteroatoms. The van der Waals surface area contributed by atoms with Gasteiger partial charge in [0, 0.05) is 23.0 Å². The number of sulfonamides is 1. The maximum Gasteiger partial charge on any atom is 0.243 e. The first kappa shape index (κ1) is 16.5. The summed E-state index contributed by atoms with van der Waals surface area (Å²) in [7, 11) is -3.60. The molecule has 0 radical (unpaired) electrons. The minimum atomic E-state index is -3.60. The molecule has 1 aromatic heterocycles. The van der Waals surface area contributed by atoms with Gasteiger partial charge in [-0.2, -0.15) is 4.31 Å². The van der Waals surface area contributed by atoms with Crippen molar-refractivity contribution in [2.24, 2.45) is 0 Å². The zero-order valence-corrected chi connectivity index (χ0v) is 13.9. The van der Waals surface area contributed by atoms with Gasteiger partial charge in [-0.3, -0.25) is 0 Å². The van der Waals surface area contributed by atoms with E-state index in [2.05, 4.69) is 0 Å². The van der Waals surface area contributed by atoms with Crippen molar-refractivity contribution in [3.63, 3.8) is 0 Å². The summed E-state index contributed by atoms with van der Waals surface area (Å²) in [4.78, 5) is 1.13. The second kappa shape index (κ2) is 6.89. The van der Waals surface area contributed by atoms with Crippen molar-refractivity contribution in [3.8, 4) is 0 Å². The van der Waals surface area contributed by atoms with E-state index in [0.29, 0.717) is 18.7 Å². The van der Waals surface area contributed by atoms with Gasteiger partial charge in [-0.15, -0.1) is 11.3 Å². The number of benzene rings is 1. The van der Waals surface area contributed by atoms with E-state index in [1.165, 1.54) is 33.8 Å². The van der Waals surface area contributed by atoms with E-state index >= 15 is 0 Å². The van der Waals surface area contributed by atoms with Crippen LogP contribution in [0.4, 0.5) is 0 Å². The zero-order chi connectivity index (χ0) is 15.5. The highest BCUT2D eigenvalue weighted by atomic mass is 35.5. The van der Waals surface area contributed by atoms with E-state index in [1.807, 2.05) is 17.5 Å². The fraction of sp³-hybridized carbons (Fsp3) is 0.286. The number of thiophene rings is 1. The zero-order valence-electron chi connectivity index (χ0n) is 11.5. The van der Waals surface area contributed by atoms with Gasteiger partial charge in [-0.25, -0.2) is 8.42 Å². The van der Waals surface area contributed by atoms with Crippen LogP contribution in [0.3, 0.4) is 0 Å². The minimum absolute atomic E-state index is 0.142. The molecule has 0 bridgehead atoms. The minimum Gasteiger partial charge on any atom is -0.392 e. The molecular formula is C14H16ClNO3S2. The normalized spacial score (nSPS) is 12.0. The van der Waals surface area contributed by atoms with Crippen LogP contribution in [0.2, 0.25) is 5.02 Å². The Balaban J connectivity index is 2.32. The average molecular weight is 346 g/mol. The van der Waals surface area contributed by atoms with E-state index in [9.17, 15) is 8.42 Å². The number of aliphatic hydroxyl groups is 1. The predicted octanol–water partition coefficient (Wildman–Crippen LogP) is 3.10. The Morgan fingerprint density at radius 1 is 1.33 bits per heavy atom. The molecule has 0 unspecified atom stereocenters. The van der Waals surface area contributed by atoms with Gasteiger partial charge in [0.25, 0.3) is 0 Å². The summed E-state index contributed by atoms with van der Waals surface area (Å²) in [6, 6.07) is 8.20. The summed E-state index contributed by atoms with van der Waals surface area (Å²) < 4.78 is 26.7. The van der Waals surface area contributed by atoms with Crippen molar-refractivity contribution < 1.29 is 13.5 Å². The highest BCUT2D eigenvalue weighted by Crippen LogP contribution is 2.25. The molecule has 0 saturated carbocycles. The highest BCUT2D eigenvalue weighted by molar-refractivity contribution is 7.89. The molecule has 0 atom stereocenters. The molecule has 1 aromatic carbocycles. The average Bonchev–Trinajstić information content (AvgIpc) is 2.97. The quantitative estimate of drug-likeness (QED) is 0.875. The van der Waals surface area contributed by atoms with E-state index in [0.717, 1.165) is 4.88 Å². The van der Waals surface area contributed by atoms with E-state index in [4.69, 9.17) is 16.7 Å². The Kier molecular flexibility index (Phi) is 5.40. The van der Waals surface area contributed by atoms with E-state index in [-0.39, 0.29) is 16.5 Å². The summed E-state index contributed by atoms with van der Waals surface area (Å²) >= 11 is 7.51. The van der Waals surface area contributed by atoms with Gasteiger partial charge in [0.2, 0.25) is 10.0 Å². The number of hydrogen-bond donors (Lipinski definition) is 1. The maximum atomic E-state index is 12.7. The smallest absolute Gasteiger partial charge is 0.243 e. The predicted molar refractivity (Wildman–Crippen MR) is 85.0 cm³/mol. The van der Waals surface area contributed by atoms with Crippen molar-refractivity contribution in [3.05, 3.63) is 51.2 Å². The van der Waals surface area contributed by atoms with E-state index in [1.54, 1.807) is 6.92 Å². The second-order valence-corrected chi connectivity index (χ2v) is 7.80. The van der Waals surface area contributed by atoms with Crippen LogP contribution in [0.1, 0.15) is 17.4 Å². The van der Waals surface area contributed by atoms with Gasteiger partial charge in [0.15, 0.2) is 0 Å². The molecule has 0 saturated heterocycles. The monoisotopic (exact) mass is 345 g/mol. The number of halogens is 1. The summed E-state index contributed by atoms with van der Waals surface area (Å²) in [6.07, 6.45) is 0. The van der Waals surface area contributed by atoms with Crippen LogP contribution in [0.25, 0.3) is 0 Å². The van der Waals surface area contributed by atoms with Gasteiger partial charge >= 0.3 is 0 Å². The van der Waals surface area contributed by atoms with Crippen LogP contribution in [0, 0.1) is 0 Å². The van der Waals surface area contributed by atoms with Crippen LogP contribution in [0.15, 0.2) is 40.6 Å². The summed E-state index contributed by atoms with van der Waals surface area (Å²) in [5, 5.41) is 11.3. The third-order valence-electron chi connectivity index (χ3n) is 3.10. The molecule has 2 rings (SSSR count). The molecule has 1 heterocycles. The fourth-order valence-electron chi connectivity index (χ4n) is 1.91. The number of aliphatic hydroxyl groups excluding tert-OH is 1. The maximum absolute atomic E-state index is 12.7. The molecule has 0 aliphatic rings. The number of rotatable bonds is 6. The molecule has 0 amide bonds. The van der Waals surface area contributed by atoms with Crippen molar-refractivity contribution in [2.75, 3.05) is 6.54 Å². The Labute approximate surface area is 133 Å². The van der Waals surface area contributed by atoms with Crippen LogP contribution in [-0.2, 0) is 23.2 Å². The molecule has 21 heavy (non-hydrogen) atoms. The lowest BCUT2D eigenvalue weighted by Crippen LogP contribution is -2.30. The summed E-state index contributed by atoms with van der Waals surface area (Å²) in [5.74, 6) is 0. The third kappa shape index (κ3) is 3.64. The van der Waals surface area contributed by atoms with E-state index < -0.39 is 10.0 Å². The lowest BCUT2D eigenvalue weighted by molar-refractivity contribution is 0.282. The standard InChI is InChI=1S/C14H16ClNO3S2/c1-2-16(9-12-4-3-7-20-12)21(18,19)13-6-5-11(10-17)14(15)8-13/h3-8,17H,2,9-10H2,1H3. The third-order valence-corrected chi connectivity index (χ3v) is 6.23. The highest BCUT2D eigenvalue weighted by Gasteiger charge is 2.24. The van der Waals surface area contributed by atoms with Crippen molar-refractivity contribution in [2.45, 2.75) is 25.0 Å². The van der Waals surface area contributed by atoms with Crippen LogP contribution in [0.5, 0.6) is 0 Å². The molecule has 0 spiro atoms. The molecule has 0 aliphatic carbocycles. The lowest BCUT2D eigenvalue weighted by Gasteiger charge is -2.20. The molecule has 114 valence electrons. The summed E-state index contributed by atoms with van der Waals surface area (Å²) in [6.45, 7) is 2.30. The first-order chi connectivity index (χ1) is 9.98.